The lowest BCUT2D eigenvalue weighted by atomic mass is 10.0. The summed E-state index contributed by atoms with van der Waals surface area (Å²) in [6.45, 7) is 4.73. The fraction of sp³-hybridized carbons (Fsp3) is 0.412. The fourth-order valence-corrected chi connectivity index (χ4v) is 2.22. The third kappa shape index (κ3) is 4.48. The first kappa shape index (κ1) is 16.9. The molecule has 0 saturated carbocycles. The molecule has 2 aromatic rings. The van der Waals surface area contributed by atoms with Crippen molar-refractivity contribution in [3.8, 4) is 17.5 Å². The lowest BCUT2D eigenvalue weighted by Gasteiger charge is -2.18. The number of anilines is 1. The number of nitrogens with one attached hydrogen (secondary N) is 1. The van der Waals surface area contributed by atoms with Crippen LogP contribution in [-0.2, 0) is 0 Å². The second-order valence-electron chi connectivity index (χ2n) is 4.88. The molecule has 1 aromatic heterocycles. The lowest BCUT2D eigenvalue weighted by Crippen LogP contribution is -2.12. The van der Waals surface area contributed by atoms with E-state index in [1.54, 1.807) is 20.3 Å². The summed E-state index contributed by atoms with van der Waals surface area (Å²) in [5.41, 5.74) is 1.14. The maximum absolute atomic E-state index is 5.47. The molecule has 0 fully saturated rings. The Bertz CT molecular complexity index is 595. The molecule has 6 nitrogen and oxygen atoms in total. The van der Waals surface area contributed by atoms with E-state index in [1.165, 1.54) is 0 Å². The maximum atomic E-state index is 5.47. The van der Waals surface area contributed by atoms with Crippen molar-refractivity contribution in [3.05, 3.63) is 35.9 Å². The molecule has 0 aliphatic rings. The van der Waals surface area contributed by atoms with E-state index < -0.39 is 0 Å². The number of benzene rings is 1. The van der Waals surface area contributed by atoms with Crippen molar-refractivity contribution in [1.29, 1.82) is 0 Å². The molecule has 124 valence electrons. The van der Waals surface area contributed by atoms with Gasteiger partial charge in [-0.1, -0.05) is 19.1 Å². The van der Waals surface area contributed by atoms with E-state index in [1.807, 2.05) is 31.2 Å². The molecule has 2 rings (SSSR count). The highest BCUT2D eigenvalue weighted by molar-refractivity contribution is 5.38. The monoisotopic (exact) mass is 317 g/mol. The van der Waals surface area contributed by atoms with Gasteiger partial charge in [-0.25, -0.2) is 0 Å². The van der Waals surface area contributed by atoms with Crippen LogP contribution in [0.1, 0.15) is 31.9 Å². The fourth-order valence-electron chi connectivity index (χ4n) is 2.22. The van der Waals surface area contributed by atoms with Crippen LogP contribution in [0.4, 0.5) is 5.95 Å². The van der Waals surface area contributed by atoms with Crippen molar-refractivity contribution in [1.82, 2.24) is 9.97 Å². The van der Waals surface area contributed by atoms with Crippen molar-refractivity contribution in [2.24, 2.45) is 0 Å². The number of nitrogens with zero attached hydrogens (tertiary/aromatic N) is 2. The minimum atomic E-state index is 0.0856. The Balaban J connectivity index is 2.18. The summed E-state index contributed by atoms with van der Waals surface area (Å²) in [7, 11) is 3.13. The summed E-state index contributed by atoms with van der Waals surface area (Å²) in [5, 5.41) is 3.32. The summed E-state index contributed by atoms with van der Waals surface area (Å²) in [4.78, 5) is 8.62. The Hall–Kier alpha value is -2.50. The van der Waals surface area contributed by atoms with E-state index in [0.29, 0.717) is 24.3 Å². The highest BCUT2D eigenvalue weighted by Gasteiger charge is 2.13. The quantitative estimate of drug-likeness (QED) is 0.804. The maximum Gasteiger partial charge on any atom is 0.229 e. The van der Waals surface area contributed by atoms with Crippen LogP contribution in [0.5, 0.6) is 17.5 Å². The van der Waals surface area contributed by atoms with Gasteiger partial charge in [0.2, 0.25) is 17.7 Å². The first-order valence-corrected chi connectivity index (χ1v) is 7.66. The number of hydrogen-bond acceptors (Lipinski definition) is 6. The Labute approximate surface area is 136 Å². The molecule has 1 unspecified atom stereocenters. The SMILES string of the molecule is CCOc1ccc(C(CC)Nc2nc(OC)cc(OC)n2)cc1. The average Bonchev–Trinajstić information content (AvgIpc) is 2.60. The predicted octanol–water partition coefficient (Wildman–Crippen LogP) is 3.46. The summed E-state index contributed by atoms with van der Waals surface area (Å²) in [6.07, 6.45) is 0.886. The van der Waals surface area contributed by atoms with Crippen molar-refractivity contribution >= 4 is 5.95 Å². The van der Waals surface area contributed by atoms with Crippen LogP contribution in [0.2, 0.25) is 0 Å². The predicted molar refractivity (Wildman–Crippen MR) is 89.4 cm³/mol. The first-order chi connectivity index (χ1) is 11.2. The topological polar surface area (TPSA) is 65.5 Å². The minimum Gasteiger partial charge on any atom is -0.494 e. The molecule has 1 atom stereocenters. The molecule has 0 bridgehead atoms. The molecule has 23 heavy (non-hydrogen) atoms. The molecule has 1 aromatic carbocycles. The van der Waals surface area contributed by atoms with Gasteiger partial charge in [0.1, 0.15) is 5.75 Å². The van der Waals surface area contributed by atoms with Crippen LogP contribution >= 0.6 is 0 Å². The van der Waals surface area contributed by atoms with E-state index in [2.05, 4.69) is 22.2 Å². The molecular formula is C17H23N3O3. The van der Waals surface area contributed by atoms with Crippen LogP contribution < -0.4 is 19.5 Å². The van der Waals surface area contributed by atoms with Crippen LogP contribution in [0.25, 0.3) is 0 Å². The summed E-state index contributed by atoms with van der Waals surface area (Å²) in [6, 6.07) is 9.75. The number of aromatic nitrogens is 2. The third-order valence-corrected chi connectivity index (χ3v) is 3.40. The van der Waals surface area contributed by atoms with E-state index in [4.69, 9.17) is 14.2 Å². The normalized spacial score (nSPS) is 11.7. The van der Waals surface area contributed by atoms with E-state index >= 15 is 0 Å². The molecule has 0 aliphatic carbocycles. The smallest absolute Gasteiger partial charge is 0.229 e. The Morgan fingerprint density at radius 2 is 1.61 bits per heavy atom. The third-order valence-electron chi connectivity index (χ3n) is 3.40. The molecule has 0 amide bonds. The van der Waals surface area contributed by atoms with E-state index in [0.717, 1.165) is 17.7 Å². The Morgan fingerprint density at radius 3 is 2.09 bits per heavy atom. The van der Waals surface area contributed by atoms with Gasteiger partial charge in [-0.3, -0.25) is 0 Å². The summed E-state index contributed by atoms with van der Waals surface area (Å²) >= 11 is 0. The number of methoxy groups -OCH3 is 2. The van der Waals surface area contributed by atoms with Gasteiger partial charge in [-0.05, 0) is 31.0 Å². The molecule has 1 N–H and O–H groups in total. The lowest BCUT2D eigenvalue weighted by molar-refractivity contribution is 0.340. The Morgan fingerprint density at radius 1 is 1.00 bits per heavy atom. The van der Waals surface area contributed by atoms with Crippen LogP contribution in [0.3, 0.4) is 0 Å². The highest BCUT2D eigenvalue weighted by Crippen LogP contribution is 2.25. The molecule has 0 radical (unpaired) electrons. The van der Waals surface area contributed by atoms with Crippen LogP contribution in [0, 0.1) is 0 Å². The van der Waals surface area contributed by atoms with Crippen LogP contribution in [0.15, 0.2) is 30.3 Å². The molecule has 0 saturated heterocycles. The standard InChI is InChI=1S/C17H23N3O3/c1-5-14(12-7-9-13(10-8-12)23-6-2)18-17-19-15(21-3)11-16(20-17)22-4/h7-11,14H,5-6H2,1-4H3,(H,18,19,20). The first-order valence-electron chi connectivity index (χ1n) is 7.66. The number of rotatable bonds is 8. The minimum absolute atomic E-state index is 0.0856. The molecule has 0 aliphatic heterocycles. The zero-order valence-corrected chi connectivity index (χ0v) is 14.0. The van der Waals surface area contributed by atoms with Crippen molar-refractivity contribution < 1.29 is 14.2 Å². The largest absolute Gasteiger partial charge is 0.494 e. The Kier molecular flexibility index (Phi) is 6.02. The van der Waals surface area contributed by atoms with Gasteiger partial charge in [-0.15, -0.1) is 0 Å². The second-order valence-corrected chi connectivity index (χ2v) is 4.88. The summed E-state index contributed by atoms with van der Waals surface area (Å²) in [5.74, 6) is 2.26. The zero-order valence-electron chi connectivity index (χ0n) is 14.0. The van der Waals surface area contributed by atoms with E-state index in [-0.39, 0.29) is 6.04 Å². The van der Waals surface area contributed by atoms with Gasteiger partial charge in [-0.2, -0.15) is 9.97 Å². The van der Waals surface area contributed by atoms with Crippen molar-refractivity contribution in [2.75, 3.05) is 26.1 Å². The van der Waals surface area contributed by atoms with Gasteiger partial charge in [0.05, 0.1) is 32.9 Å². The van der Waals surface area contributed by atoms with E-state index in [9.17, 15) is 0 Å². The molecule has 0 spiro atoms. The molecule has 6 heteroatoms. The van der Waals surface area contributed by atoms with Crippen molar-refractivity contribution in [3.63, 3.8) is 0 Å². The second kappa shape index (κ2) is 8.22. The highest BCUT2D eigenvalue weighted by atomic mass is 16.5. The van der Waals surface area contributed by atoms with Crippen LogP contribution in [-0.4, -0.2) is 30.8 Å². The van der Waals surface area contributed by atoms with Gasteiger partial charge in [0.25, 0.3) is 0 Å². The number of hydrogen-bond donors (Lipinski definition) is 1. The van der Waals surface area contributed by atoms with Crippen molar-refractivity contribution in [2.45, 2.75) is 26.3 Å². The van der Waals surface area contributed by atoms with Gasteiger partial charge < -0.3 is 19.5 Å². The van der Waals surface area contributed by atoms with Gasteiger partial charge >= 0.3 is 0 Å². The molecular weight excluding hydrogens is 294 g/mol. The average molecular weight is 317 g/mol. The molecule has 1 heterocycles. The van der Waals surface area contributed by atoms with Gasteiger partial charge in [0, 0.05) is 0 Å². The number of ether oxygens (including phenoxy) is 3. The zero-order chi connectivity index (χ0) is 16.7. The van der Waals surface area contributed by atoms with Gasteiger partial charge in [0.15, 0.2) is 0 Å². The summed E-state index contributed by atoms with van der Waals surface area (Å²) < 4.78 is 15.8.